The molecule has 0 spiro atoms. The van der Waals surface area contributed by atoms with E-state index in [4.69, 9.17) is 5.14 Å². The molecule has 0 aliphatic heterocycles. The first-order valence-corrected chi connectivity index (χ1v) is 6.14. The number of aryl methyl sites for hydroxylation is 1. The smallest absolute Gasteiger partial charge is 0.333 e. The molecule has 1 aromatic heterocycles. The first-order chi connectivity index (χ1) is 7.46. The molecule has 0 bridgehead atoms. The standard InChI is InChI=1S/C10H12N2O3S/c1-12-5-4-9-6-8(2-3-10(9)12)7-15-16(11,13)14/h2-6H,7H2,1H3,(H2,11,13,14). The third-order valence-corrected chi connectivity index (χ3v) is 2.79. The third-order valence-electron chi connectivity index (χ3n) is 2.34. The fraction of sp³-hybridized carbons (Fsp3) is 0.200. The number of aromatic nitrogens is 1. The number of nitrogens with two attached hydrogens (primary N) is 1. The molecule has 16 heavy (non-hydrogen) atoms. The van der Waals surface area contributed by atoms with Gasteiger partial charge < -0.3 is 4.57 Å². The van der Waals surface area contributed by atoms with Crippen molar-refractivity contribution >= 4 is 21.2 Å². The molecule has 2 N–H and O–H groups in total. The van der Waals surface area contributed by atoms with Gasteiger partial charge in [0, 0.05) is 18.8 Å². The van der Waals surface area contributed by atoms with Gasteiger partial charge in [0.05, 0.1) is 6.61 Å². The second-order valence-corrected chi connectivity index (χ2v) is 4.80. The molecule has 1 aromatic carbocycles. The van der Waals surface area contributed by atoms with Gasteiger partial charge in [0.2, 0.25) is 0 Å². The van der Waals surface area contributed by atoms with Crippen LogP contribution in [0.15, 0.2) is 30.5 Å². The van der Waals surface area contributed by atoms with Gasteiger partial charge in [0.15, 0.2) is 0 Å². The van der Waals surface area contributed by atoms with Crippen molar-refractivity contribution in [1.29, 1.82) is 0 Å². The molecule has 0 saturated heterocycles. The van der Waals surface area contributed by atoms with E-state index in [2.05, 4.69) is 4.18 Å². The molecule has 6 heteroatoms. The maximum Gasteiger partial charge on any atom is 0.333 e. The summed E-state index contributed by atoms with van der Waals surface area (Å²) in [6.45, 7) is -0.0380. The Bertz CT molecular complexity index is 616. The summed E-state index contributed by atoms with van der Waals surface area (Å²) in [6.07, 6.45) is 1.94. The molecule has 0 radical (unpaired) electrons. The van der Waals surface area contributed by atoms with Crippen molar-refractivity contribution in [2.45, 2.75) is 6.61 Å². The zero-order valence-corrected chi connectivity index (χ0v) is 9.57. The number of nitrogens with zero attached hydrogens (tertiary/aromatic N) is 1. The van der Waals surface area contributed by atoms with Crippen molar-refractivity contribution < 1.29 is 12.6 Å². The minimum atomic E-state index is -3.88. The average Bonchev–Trinajstić information content (AvgIpc) is 2.56. The van der Waals surface area contributed by atoms with Crippen LogP contribution in [0.1, 0.15) is 5.56 Å². The molecule has 1 heterocycles. The van der Waals surface area contributed by atoms with Crippen LogP contribution in [0.3, 0.4) is 0 Å². The average molecular weight is 240 g/mol. The van der Waals surface area contributed by atoms with Crippen LogP contribution in [0.4, 0.5) is 0 Å². The van der Waals surface area contributed by atoms with E-state index < -0.39 is 10.3 Å². The van der Waals surface area contributed by atoms with Gasteiger partial charge in [-0.25, -0.2) is 5.14 Å². The molecule has 5 nitrogen and oxygen atoms in total. The van der Waals surface area contributed by atoms with Gasteiger partial charge in [-0.1, -0.05) is 6.07 Å². The van der Waals surface area contributed by atoms with Crippen molar-refractivity contribution in [3.8, 4) is 0 Å². The highest BCUT2D eigenvalue weighted by molar-refractivity contribution is 7.84. The maximum absolute atomic E-state index is 10.6. The van der Waals surface area contributed by atoms with Crippen LogP contribution < -0.4 is 5.14 Å². The zero-order chi connectivity index (χ0) is 11.8. The summed E-state index contributed by atoms with van der Waals surface area (Å²) >= 11 is 0. The monoisotopic (exact) mass is 240 g/mol. The van der Waals surface area contributed by atoms with E-state index in [9.17, 15) is 8.42 Å². The molecule has 2 aromatic rings. The van der Waals surface area contributed by atoms with Crippen LogP contribution >= 0.6 is 0 Å². The number of fused-ring (bicyclic) bond motifs is 1. The molecular formula is C10H12N2O3S. The molecular weight excluding hydrogens is 228 g/mol. The van der Waals surface area contributed by atoms with Crippen LogP contribution in [0.5, 0.6) is 0 Å². The highest BCUT2D eigenvalue weighted by Gasteiger charge is 2.04. The quantitative estimate of drug-likeness (QED) is 0.866. The summed E-state index contributed by atoms with van der Waals surface area (Å²) in [7, 11) is -1.93. The molecule has 0 fully saturated rings. The minimum Gasteiger partial charge on any atom is -0.351 e. The molecule has 2 rings (SSSR count). The van der Waals surface area contributed by atoms with Crippen molar-refractivity contribution in [3.05, 3.63) is 36.0 Å². The third kappa shape index (κ3) is 2.41. The van der Waals surface area contributed by atoms with Gasteiger partial charge in [0.1, 0.15) is 0 Å². The van der Waals surface area contributed by atoms with Crippen molar-refractivity contribution in [1.82, 2.24) is 4.57 Å². The van der Waals surface area contributed by atoms with Gasteiger partial charge >= 0.3 is 10.3 Å². The van der Waals surface area contributed by atoms with Crippen molar-refractivity contribution in [3.63, 3.8) is 0 Å². The highest BCUT2D eigenvalue weighted by Crippen LogP contribution is 2.17. The largest absolute Gasteiger partial charge is 0.351 e. The van der Waals surface area contributed by atoms with Gasteiger partial charge in [-0.3, -0.25) is 4.18 Å². The summed E-state index contributed by atoms with van der Waals surface area (Å²) in [4.78, 5) is 0. The SMILES string of the molecule is Cn1ccc2cc(COS(N)(=O)=O)ccc21. The lowest BCUT2D eigenvalue weighted by Crippen LogP contribution is -2.15. The van der Waals surface area contributed by atoms with E-state index >= 15 is 0 Å². The molecule has 0 amide bonds. The summed E-state index contributed by atoms with van der Waals surface area (Å²) in [6, 6.07) is 7.56. The van der Waals surface area contributed by atoms with E-state index in [1.54, 1.807) is 0 Å². The Morgan fingerprint density at radius 1 is 1.38 bits per heavy atom. The first-order valence-electron chi connectivity index (χ1n) is 4.67. The van der Waals surface area contributed by atoms with E-state index in [0.29, 0.717) is 0 Å². The van der Waals surface area contributed by atoms with Crippen molar-refractivity contribution in [2.75, 3.05) is 0 Å². The maximum atomic E-state index is 10.6. The van der Waals surface area contributed by atoms with Crippen LogP contribution in [0.2, 0.25) is 0 Å². The zero-order valence-electron chi connectivity index (χ0n) is 8.75. The van der Waals surface area contributed by atoms with Gasteiger partial charge in [-0.05, 0) is 29.1 Å². The Hall–Kier alpha value is -1.37. The second-order valence-electron chi connectivity index (χ2n) is 3.57. The van der Waals surface area contributed by atoms with E-state index in [1.807, 2.05) is 42.1 Å². The Balaban J connectivity index is 2.26. The van der Waals surface area contributed by atoms with Gasteiger partial charge in [0.25, 0.3) is 0 Å². The highest BCUT2D eigenvalue weighted by atomic mass is 32.2. The normalized spacial score (nSPS) is 12.1. The lowest BCUT2D eigenvalue weighted by Gasteiger charge is -2.02. The van der Waals surface area contributed by atoms with Crippen LogP contribution in [0, 0.1) is 0 Å². The Morgan fingerprint density at radius 3 is 2.81 bits per heavy atom. The summed E-state index contributed by atoms with van der Waals surface area (Å²) < 4.78 is 27.7. The fourth-order valence-electron chi connectivity index (χ4n) is 1.57. The molecule has 0 unspecified atom stereocenters. The lowest BCUT2D eigenvalue weighted by atomic mass is 10.2. The summed E-state index contributed by atoms with van der Waals surface area (Å²) in [5.41, 5.74) is 1.85. The number of hydrogen-bond donors (Lipinski definition) is 1. The van der Waals surface area contributed by atoms with E-state index in [1.165, 1.54) is 0 Å². The topological polar surface area (TPSA) is 74.3 Å². The molecule has 0 saturated carbocycles. The number of rotatable bonds is 3. The molecule has 0 aliphatic carbocycles. The fourth-order valence-corrected chi connectivity index (χ4v) is 1.87. The molecule has 86 valence electrons. The van der Waals surface area contributed by atoms with E-state index in [0.717, 1.165) is 16.5 Å². The molecule has 0 atom stereocenters. The Labute approximate surface area is 93.7 Å². The molecule has 0 aliphatic rings. The summed E-state index contributed by atoms with van der Waals surface area (Å²) in [5, 5.41) is 5.79. The lowest BCUT2D eigenvalue weighted by molar-refractivity contribution is 0.309. The van der Waals surface area contributed by atoms with Crippen molar-refractivity contribution in [2.24, 2.45) is 12.2 Å². The predicted octanol–water partition coefficient (Wildman–Crippen LogP) is 0.898. The Morgan fingerprint density at radius 2 is 2.12 bits per heavy atom. The van der Waals surface area contributed by atoms with E-state index in [-0.39, 0.29) is 6.61 Å². The van der Waals surface area contributed by atoms with Gasteiger partial charge in [-0.15, -0.1) is 0 Å². The van der Waals surface area contributed by atoms with Crippen LogP contribution in [-0.2, 0) is 28.1 Å². The summed E-state index contributed by atoms with van der Waals surface area (Å²) in [5.74, 6) is 0. The number of hydrogen-bond acceptors (Lipinski definition) is 3. The Kier molecular flexibility index (Phi) is 2.71. The van der Waals surface area contributed by atoms with Crippen LogP contribution in [0.25, 0.3) is 10.9 Å². The minimum absolute atomic E-state index is 0.0380. The van der Waals surface area contributed by atoms with Crippen LogP contribution in [-0.4, -0.2) is 13.0 Å². The van der Waals surface area contributed by atoms with Gasteiger partial charge in [-0.2, -0.15) is 8.42 Å². The second kappa shape index (κ2) is 3.89. The number of benzene rings is 1. The predicted molar refractivity (Wildman–Crippen MR) is 60.8 cm³/mol. The first kappa shape index (κ1) is 11.1.